The van der Waals surface area contributed by atoms with Crippen LogP contribution in [-0.4, -0.2) is 11.1 Å². The molecule has 0 bridgehead atoms. The van der Waals surface area contributed by atoms with Crippen molar-refractivity contribution in [3.8, 4) is 6.07 Å². The summed E-state index contributed by atoms with van der Waals surface area (Å²) in [6, 6.07) is 4.80. The Morgan fingerprint density at radius 3 is 2.71 bits per heavy atom. The third kappa shape index (κ3) is 1.86. The number of carbonyl (C=O) groups is 1. The van der Waals surface area contributed by atoms with E-state index in [0.29, 0.717) is 17.0 Å². The van der Waals surface area contributed by atoms with Gasteiger partial charge in [0.1, 0.15) is 6.07 Å². The molecule has 0 fully saturated rings. The van der Waals surface area contributed by atoms with Crippen molar-refractivity contribution < 1.29 is 9.90 Å². The molecule has 0 amide bonds. The fourth-order valence-electron chi connectivity index (χ4n) is 1.24. The molecular formula is C10H8ClNO2. The lowest BCUT2D eigenvalue weighted by molar-refractivity contribution is 0.0696. The number of aromatic carboxylic acids is 1. The lowest BCUT2D eigenvalue weighted by Gasteiger charge is -2.05. The summed E-state index contributed by atoms with van der Waals surface area (Å²) >= 11 is 5.73. The number of aryl methyl sites for hydroxylation is 1. The molecule has 0 aromatic heterocycles. The Hall–Kier alpha value is -1.53. The zero-order valence-corrected chi connectivity index (χ0v) is 8.30. The molecule has 0 atom stereocenters. The van der Waals surface area contributed by atoms with Crippen LogP contribution >= 0.6 is 11.6 Å². The van der Waals surface area contributed by atoms with E-state index in [0.717, 1.165) is 0 Å². The zero-order chi connectivity index (χ0) is 10.7. The summed E-state index contributed by atoms with van der Waals surface area (Å²) in [5, 5.41) is 18.0. The minimum Gasteiger partial charge on any atom is -0.478 e. The molecular weight excluding hydrogens is 202 g/mol. The number of carboxylic acids is 1. The van der Waals surface area contributed by atoms with E-state index < -0.39 is 5.97 Å². The summed E-state index contributed by atoms with van der Waals surface area (Å²) < 4.78 is 0. The molecule has 1 aromatic rings. The summed E-state index contributed by atoms with van der Waals surface area (Å²) in [7, 11) is 0. The van der Waals surface area contributed by atoms with E-state index in [1.54, 1.807) is 6.07 Å². The fraction of sp³-hybridized carbons (Fsp3) is 0.200. The molecule has 0 saturated carbocycles. The third-order valence-corrected chi connectivity index (χ3v) is 2.13. The monoisotopic (exact) mass is 209 g/mol. The molecule has 1 rings (SSSR count). The van der Waals surface area contributed by atoms with Gasteiger partial charge in [-0.1, -0.05) is 18.5 Å². The number of hydrogen-bond donors (Lipinski definition) is 1. The van der Waals surface area contributed by atoms with E-state index in [9.17, 15) is 4.79 Å². The molecule has 14 heavy (non-hydrogen) atoms. The van der Waals surface area contributed by atoms with Crippen molar-refractivity contribution in [1.82, 2.24) is 0 Å². The van der Waals surface area contributed by atoms with Crippen LogP contribution in [0.5, 0.6) is 0 Å². The average molecular weight is 210 g/mol. The molecule has 3 nitrogen and oxygen atoms in total. The minimum atomic E-state index is -1.13. The first-order valence-electron chi connectivity index (χ1n) is 4.06. The van der Waals surface area contributed by atoms with Gasteiger partial charge in [0.2, 0.25) is 0 Å². The summed E-state index contributed by atoms with van der Waals surface area (Å²) in [6.07, 6.45) is 0.587. The first kappa shape index (κ1) is 10.6. The highest BCUT2D eigenvalue weighted by molar-refractivity contribution is 6.31. The van der Waals surface area contributed by atoms with E-state index in [4.69, 9.17) is 22.0 Å². The number of halogens is 1. The Balaban J connectivity index is 3.49. The van der Waals surface area contributed by atoms with Gasteiger partial charge >= 0.3 is 5.97 Å². The fourth-order valence-corrected chi connectivity index (χ4v) is 1.48. The average Bonchev–Trinajstić information content (AvgIpc) is 2.16. The summed E-state index contributed by atoms with van der Waals surface area (Å²) in [5.74, 6) is -1.13. The Morgan fingerprint density at radius 2 is 2.29 bits per heavy atom. The predicted molar refractivity (Wildman–Crippen MR) is 52.5 cm³/mol. The number of carboxylic acid groups (broad SMARTS) is 1. The highest BCUT2D eigenvalue weighted by atomic mass is 35.5. The molecule has 0 radical (unpaired) electrons. The lowest BCUT2D eigenvalue weighted by atomic mass is 10.0. The van der Waals surface area contributed by atoms with E-state index in [2.05, 4.69) is 0 Å². The highest BCUT2D eigenvalue weighted by Crippen LogP contribution is 2.21. The standard InChI is InChI=1S/C10H8ClNO2/c1-2-6-3-7(11)4-8(10(13)14)9(6)5-12/h3-4H,2H2,1H3,(H,13,14). The molecule has 0 aliphatic carbocycles. The Kier molecular flexibility index (Phi) is 3.10. The maximum Gasteiger partial charge on any atom is 0.337 e. The van der Waals surface area contributed by atoms with Gasteiger partial charge in [0, 0.05) is 5.02 Å². The summed E-state index contributed by atoms with van der Waals surface area (Å²) in [4.78, 5) is 10.8. The van der Waals surface area contributed by atoms with Crippen molar-refractivity contribution in [2.45, 2.75) is 13.3 Å². The molecule has 72 valence electrons. The van der Waals surface area contributed by atoms with Gasteiger partial charge < -0.3 is 5.11 Å². The van der Waals surface area contributed by atoms with Crippen LogP contribution in [0.2, 0.25) is 5.02 Å². The summed E-state index contributed by atoms with van der Waals surface area (Å²) in [5.41, 5.74) is 0.832. The topological polar surface area (TPSA) is 61.1 Å². The first-order chi connectivity index (χ1) is 6.60. The van der Waals surface area contributed by atoms with Gasteiger partial charge in [0.05, 0.1) is 11.1 Å². The number of benzene rings is 1. The van der Waals surface area contributed by atoms with Gasteiger partial charge in [-0.3, -0.25) is 0 Å². The first-order valence-corrected chi connectivity index (χ1v) is 4.43. The van der Waals surface area contributed by atoms with Crippen LogP contribution < -0.4 is 0 Å². The van der Waals surface area contributed by atoms with E-state index in [1.165, 1.54) is 6.07 Å². The quantitative estimate of drug-likeness (QED) is 0.814. The lowest BCUT2D eigenvalue weighted by Crippen LogP contribution is -2.03. The van der Waals surface area contributed by atoms with Crippen molar-refractivity contribution in [2.75, 3.05) is 0 Å². The SMILES string of the molecule is CCc1cc(Cl)cc(C(=O)O)c1C#N. The maximum atomic E-state index is 10.8. The smallest absolute Gasteiger partial charge is 0.337 e. The maximum absolute atomic E-state index is 10.8. The normalized spacial score (nSPS) is 9.50. The molecule has 0 spiro atoms. The second kappa shape index (κ2) is 4.12. The highest BCUT2D eigenvalue weighted by Gasteiger charge is 2.14. The van der Waals surface area contributed by atoms with Crippen LogP contribution in [0.1, 0.15) is 28.4 Å². The van der Waals surface area contributed by atoms with Gasteiger partial charge in [-0.2, -0.15) is 5.26 Å². The van der Waals surface area contributed by atoms with Crippen LogP contribution in [0, 0.1) is 11.3 Å². The minimum absolute atomic E-state index is 0.0307. The van der Waals surface area contributed by atoms with E-state index >= 15 is 0 Å². The van der Waals surface area contributed by atoms with E-state index in [-0.39, 0.29) is 11.1 Å². The summed E-state index contributed by atoms with van der Waals surface area (Å²) in [6.45, 7) is 1.85. The van der Waals surface area contributed by atoms with E-state index in [1.807, 2.05) is 13.0 Å². The van der Waals surface area contributed by atoms with Gasteiger partial charge in [-0.25, -0.2) is 4.79 Å². The molecule has 0 heterocycles. The van der Waals surface area contributed by atoms with Gasteiger partial charge in [-0.05, 0) is 24.1 Å². The second-order valence-electron chi connectivity index (χ2n) is 2.76. The van der Waals surface area contributed by atoms with Crippen molar-refractivity contribution in [1.29, 1.82) is 5.26 Å². The van der Waals surface area contributed by atoms with Gasteiger partial charge in [0.15, 0.2) is 0 Å². The van der Waals surface area contributed by atoms with Crippen molar-refractivity contribution in [3.05, 3.63) is 33.8 Å². The molecule has 0 saturated heterocycles. The Morgan fingerprint density at radius 1 is 1.64 bits per heavy atom. The number of nitriles is 1. The molecule has 1 N–H and O–H groups in total. The third-order valence-electron chi connectivity index (χ3n) is 1.91. The zero-order valence-electron chi connectivity index (χ0n) is 7.54. The van der Waals surface area contributed by atoms with Crippen molar-refractivity contribution in [3.63, 3.8) is 0 Å². The largest absolute Gasteiger partial charge is 0.478 e. The van der Waals surface area contributed by atoms with Crippen LogP contribution in [0.25, 0.3) is 0 Å². The van der Waals surface area contributed by atoms with Crippen molar-refractivity contribution >= 4 is 17.6 Å². The Labute approximate surface area is 86.5 Å². The van der Waals surface area contributed by atoms with Gasteiger partial charge in [0.25, 0.3) is 0 Å². The molecule has 0 unspecified atom stereocenters. The van der Waals surface area contributed by atoms with Crippen LogP contribution in [-0.2, 0) is 6.42 Å². The number of hydrogen-bond acceptors (Lipinski definition) is 2. The molecule has 1 aromatic carbocycles. The second-order valence-corrected chi connectivity index (χ2v) is 3.19. The molecule has 0 aliphatic rings. The molecule has 0 aliphatic heterocycles. The Bertz CT molecular complexity index is 421. The number of rotatable bonds is 2. The molecule has 4 heteroatoms. The van der Waals surface area contributed by atoms with Crippen molar-refractivity contribution in [2.24, 2.45) is 0 Å². The predicted octanol–water partition coefficient (Wildman–Crippen LogP) is 2.47. The van der Waals surface area contributed by atoms with Crippen LogP contribution in [0.3, 0.4) is 0 Å². The van der Waals surface area contributed by atoms with Crippen LogP contribution in [0.15, 0.2) is 12.1 Å². The van der Waals surface area contributed by atoms with Gasteiger partial charge in [-0.15, -0.1) is 0 Å². The number of nitrogens with zero attached hydrogens (tertiary/aromatic N) is 1. The van der Waals surface area contributed by atoms with Crippen LogP contribution in [0.4, 0.5) is 0 Å².